The lowest BCUT2D eigenvalue weighted by Gasteiger charge is -2.13. The predicted molar refractivity (Wildman–Crippen MR) is 129 cm³/mol. The van der Waals surface area contributed by atoms with Crippen molar-refractivity contribution < 1.29 is 9.59 Å². The first-order chi connectivity index (χ1) is 15.4. The number of carbonyl (C=O) groups is 2. The van der Waals surface area contributed by atoms with Gasteiger partial charge in [0.05, 0.1) is 16.4 Å². The van der Waals surface area contributed by atoms with E-state index in [4.69, 9.17) is 11.6 Å². The molecule has 0 unspecified atom stereocenters. The number of imidazole rings is 1. The highest BCUT2D eigenvalue weighted by molar-refractivity contribution is 7.98. The van der Waals surface area contributed by atoms with Crippen molar-refractivity contribution in [3.63, 3.8) is 0 Å². The first-order valence-electron chi connectivity index (χ1n) is 9.89. The number of fused-ring (bicyclic) bond motifs is 1. The number of rotatable bonds is 6. The summed E-state index contributed by atoms with van der Waals surface area (Å²) in [4.78, 5) is 32.0. The van der Waals surface area contributed by atoms with Crippen molar-refractivity contribution in [2.45, 2.75) is 10.6 Å². The monoisotopic (exact) mass is 464 g/mol. The third-order valence-electron chi connectivity index (χ3n) is 4.78. The Kier molecular flexibility index (Phi) is 6.48. The van der Waals surface area contributed by atoms with Gasteiger partial charge in [-0.2, -0.15) is 0 Å². The lowest BCUT2D eigenvalue weighted by atomic mass is 10.1. The molecule has 2 aromatic carbocycles. The number of pyridine rings is 1. The van der Waals surface area contributed by atoms with Crippen molar-refractivity contribution in [2.75, 3.05) is 19.4 Å². The van der Waals surface area contributed by atoms with Gasteiger partial charge in [0.1, 0.15) is 5.65 Å². The number of amides is 2. The number of thioether (sulfide) groups is 1. The summed E-state index contributed by atoms with van der Waals surface area (Å²) in [6.07, 6.45) is 3.99. The van der Waals surface area contributed by atoms with E-state index in [0.29, 0.717) is 21.8 Å². The Morgan fingerprint density at radius 2 is 1.81 bits per heavy atom. The minimum atomic E-state index is -0.293. The molecule has 0 saturated heterocycles. The molecule has 0 radical (unpaired) electrons. The van der Waals surface area contributed by atoms with Crippen LogP contribution in [0.3, 0.4) is 0 Å². The number of benzene rings is 2. The molecule has 4 aromatic rings. The summed E-state index contributed by atoms with van der Waals surface area (Å²) < 4.78 is 2.00. The molecule has 162 valence electrons. The second-order valence-corrected chi connectivity index (χ2v) is 8.82. The SMILES string of the molecule is CN(C)C(=O)c1ccc(Cl)c(NC(=O)c2ccc(SCc3cn4ccccc4n3)cc2)c1. The molecule has 0 fully saturated rings. The summed E-state index contributed by atoms with van der Waals surface area (Å²) in [6, 6.07) is 18.1. The molecule has 32 heavy (non-hydrogen) atoms. The lowest BCUT2D eigenvalue weighted by molar-refractivity contribution is 0.0827. The van der Waals surface area contributed by atoms with Gasteiger partial charge in [0.25, 0.3) is 11.8 Å². The number of anilines is 1. The molecule has 0 aliphatic heterocycles. The van der Waals surface area contributed by atoms with Crippen LogP contribution in [0, 0.1) is 0 Å². The first kappa shape index (κ1) is 21.9. The van der Waals surface area contributed by atoms with E-state index in [9.17, 15) is 9.59 Å². The Hall–Kier alpha value is -3.29. The minimum absolute atomic E-state index is 0.163. The van der Waals surface area contributed by atoms with Gasteiger partial charge in [-0.3, -0.25) is 9.59 Å². The van der Waals surface area contributed by atoms with Crippen LogP contribution in [0.5, 0.6) is 0 Å². The van der Waals surface area contributed by atoms with Crippen LogP contribution in [0.15, 0.2) is 78.0 Å². The van der Waals surface area contributed by atoms with Crippen molar-refractivity contribution >= 4 is 46.5 Å². The number of nitrogens with zero attached hydrogens (tertiary/aromatic N) is 3. The smallest absolute Gasteiger partial charge is 0.255 e. The van der Waals surface area contributed by atoms with Crippen molar-refractivity contribution in [3.8, 4) is 0 Å². The minimum Gasteiger partial charge on any atom is -0.345 e. The molecule has 2 aromatic heterocycles. The van der Waals surface area contributed by atoms with Crippen molar-refractivity contribution in [1.29, 1.82) is 0 Å². The van der Waals surface area contributed by atoms with Crippen LogP contribution in [-0.4, -0.2) is 40.2 Å². The molecule has 0 spiro atoms. The molecular weight excluding hydrogens is 444 g/mol. The van der Waals surface area contributed by atoms with Gasteiger partial charge in [-0.25, -0.2) is 4.98 Å². The molecular formula is C24H21ClN4O2S. The third kappa shape index (κ3) is 4.95. The average Bonchev–Trinajstić information content (AvgIpc) is 3.22. The zero-order valence-corrected chi connectivity index (χ0v) is 19.2. The Morgan fingerprint density at radius 1 is 1.06 bits per heavy atom. The zero-order chi connectivity index (χ0) is 22.7. The van der Waals surface area contributed by atoms with Crippen LogP contribution in [-0.2, 0) is 5.75 Å². The van der Waals surface area contributed by atoms with Gasteiger partial charge in [0.2, 0.25) is 0 Å². The summed E-state index contributed by atoms with van der Waals surface area (Å²) in [6.45, 7) is 0. The summed E-state index contributed by atoms with van der Waals surface area (Å²) in [5, 5.41) is 3.16. The Labute approximate surface area is 195 Å². The van der Waals surface area contributed by atoms with Crippen LogP contribution < -0.4 is 5.32 Å². The van der Waals surface area contributed by atoms with Gasteiger partial charge in [-0.1, -0.05) is 17.7 Å². The van der Waals surface area contributed by atoms with Crippen LogP contribution in [0.25, 0.3) is 5.65 Å². The third-order valence-corrected chi connectivity index (χ3v) is 6.16. The maximum Gasteiger partial charge on any atom is 0.255 e. The van der Waals surface area contributed by atoms with Gasteiger partial charge < -0.3 is 14.6 Å². The molecule has 2 heterocycles. The maximum absolute atomic E-state index is 12.7. The predicted octanol–water partition coefficient (Wildman–Crippen LogP) is 5.23. The van der Waals surface area contributed by atoms with E-state index < -0.39 is 0 Å². The fraction of sp³-hybridized carbons (Fsp3) is 0.125. The number of nitrogens with one attached hydrogen (secondary N) is 1. The Bertz CT molecular complexity index is 1250. The second-order valence-electron chi connectivity index (χ2n) is 7.36. The van der Waals surface area contributed by atoms with E-state index in [0.717, 1.165) is 22.0 Å². The average molecular weight is 465 g/mol. The molecule has 8 heteroatoms. The van der Waals surface area contributed by atoms with Crippen LogP contribution in [0.4, 0.5) is 5.69 Å². The number of hydrogen-bond acceptors (Lipinski definition) is 4. The van der Waals surface area contributed by atoms with Gasteiger partial charge in [0, 0.05) is 48.3 Å². The van der Waals surface area contributed by atoms with E-state index in [1.165, 1.54) is 4.90 Å². The first-order valence-corrected chi connectivity index (χ1v) is 11.2. The fourth-order valence-corrected chi connectivity index (χ4v) is 4.07. The molecule has 2 amide bonds. The van der Waals surface area contributed by atoms with Crippen molar-refractivity contribution in [2.24, 2.45) is 0 Å². The Balaban J connectivity index is 1.41. The fourth-order valence-electron chi connectivity index (χ4n) is 3.12. The maximum atomic E-state index is 12.7. The number of aromatic nitrogens is 2. The summed E-state index contributed by atoms with van der Waals surface area (Å²) >= 11 is 7.87. The van der Waals surface area contributed by atoms with Crippen LogP contribution in [0.1, 0.15) is 26.4 Å². The zero-order valence-electron chi connectivity index (χ0n) is 17.6. The number of carbonyl (C=O) groups excluding carboxylic acids is 2. The van der Waals surface area contributed by atoms with Gasteiger partial charge in [-0.05, 0) is 54.6 Å². The topological polar surface area (TPSA) is 66.7 Å². The highest BCUT2D eigenvalue weighted by atomic mass is 35.5. The quantitative estimate of drug-likeness (QED) is 0.396. The van der Waals surface area contributed by atoms with Crippen molar-refractivity contribution in [1.82, 2.24) is 14.3 Å². The highest BCUT2D eigenvalue weighted by Gasteiger charge is 2.13. The molecule has 0 atom stereocenters. The summed E-state index contributed by atoms with van der Waals surface area (Å²) in [5.74, 6) is 0.276. The molecule has 0 aliphatic rings. The highest BCUT2D eigenvalue weighted by Crippen LogP contribution is 2.26. The largest absolute Gasteiger partial charge is 0.345 e. The van der Waals surface area contributed by atoms with Crippen LogP contribution >= 0.6 is 23.4 Å². The molecule has 4 rings (SSSR count). The summed E-state index contributed by atoms with van der Waals surface area (Å²) in [5.41, 5.74) is 3.26. The molecule has 0 bridgehead atoms. The van der Waals surface area contributed by atoms with E-state index >= 15 is 0 Å². The van der Waals surface area contributed by atoms with Gasteiger partial charge >= 0.3 is 0 Å². The van der Waals surface area contributed by atoms with E-state index in [1.54, 1.807) is 56.2 Å². The van der Waals surface area contributed by atoms with E-state index in [1.807, 2.05) is 47.1 Å². The molecule has 1 N–H and O–H groups in total. The van der Waals surface area contributed by atoms with Crippen LogP contribution in [0.2, 0.25) is 5.02 Å². The summed E-state index contributed by atoms with van der Waals surface area (Å²) in [7, 11) is 3.34. The normalized spacial score (nSPS) is 10.8. The lowest BCUT2D eigenvalue weighted by Crippen LogP contribution is -2.22. The van der Waals surface area contributed by atoms with Gasteiger partial charge in [0.15, 0.2) is 0 Å². The second kappa shape index (κ2) is 9.46. The molecule has 0 saturated carbocycles. The molecule has 0 aliphatic carbocycles. The van der Waals surface area contributed by atoms with Gasteiger partial charge in [-0.15, -0.1) is 11.8 Å². The molecule has 6 nitrogen and oxygen atoms in total. The Morgan fingerprint density at radius 3 is 2.53 bits per heavy atom. The van der Waals surface area contributed by atoms with Crippen molar-refractivity contribution in [3.05, 3.63) is 94.9 Å². The van der Waals surface area contributed by atoms with E-state index in [2.05, 4.69) is 10.3 Å². The standard InChI is InChI=1S/C24H21ClN4O2S/c1-28(2)24(31)17-8-11-20(25)21(13-17)27-23(30)16-6-9-19(10-7-16)32-15-18-14-29-12-4-3-5-22(29)26-18/h3-14H,15H2,1-2H3,(H,27,30). The number of hydrogen-bond donors (Lipinski definition) is 1. The van der Waals surface area contributed by atoms with E-state index in [-0.39, 0.29) is 11.8 Å². The number of halogens is 1.